The van der Waals surface area contributed by atoms with Crippen LogP contribution in [0.3, 0.4) is 0 Å². The van der Waals surface area contributed by atoms with E-state index < -0.39 is 17.6 Å². The number of halogens is 4. The molecule has 0 bridgehead atoms. The number of rotatable bonds is 10. The molecule has 0 radical (unpaired) electrons. The Bertz CT molecular complexity index is 1490. The smallest absolute Gasteiger partial charge is 0.416 e. The lowest BCUT2D eigenvalue weighted by molar-refractivity contribution is -0.137. The third-order valence-corrected chi connectivity index (χ3v) is 5.89. The number of amides is 1. The summed E-state index contributed by atoms with van der Waals surface area (Å²) < 4.78 is 56.2. The summed E-state index contributed by atoms with van der Waals surface area (Å²) in [5.74, 6) is 0.761. The van der Waals surface area contributed by atoms with Crippen LogP contribution in [0.1, 0.15) is 32.6 Å². The van der Waals surface area contributed by atoms with Crippen LogP contribution in [0.4, 0.5) is 13.2 Å². The van der Waals surface area contributed by atoms with Crippen LogP contribution >= 0.6 is 11.6 Å². The summed E-state index contributed by atoms with van der Waals surface area (Å²) in [7, 11) is 1.55. The largest absolute Gasteiger partial charge is 0.493 e. The van der Waals surface area contributed by atoms with E-state index in [0.717, 1.165) is 29.3 Å². The molecule has 0 saturated carbocycles. The lowest BCUT2D eigenvalue weighted by atomic mass is 10.1. The molecule has 206 valence electrons. The number of methoxy groups -OCH3 is 1. The lowest BCUT2D eigenvalue weighted by Crippen LogP contribution is -2.18. The highest BCUT2D eigenvalue weighted by molar-refractivity contribution is 6.30. The zero-order valence-corrected chi connectivity index (χ0v) is 22.0. The Balaban J connectivity index is 1.41. The van der Waals surface area contributed by atoms with Crippen molar-refractivity contribution in [2.75, 3.05) is 7.11 Å². The molecule has 6 nitrogen and oxygen atoms in total. The number of hydrogen-bond acceptors (Lipinski definition) is 5. The fourth-order valence-corrected chi connectivity index (χ4v) is 3.81. The van der Waals surface area contributed by atoms with E-state index in [9.17, 15) is 18.0 Å². The standard InChI is InChI=1S/C30H24ClF3N2O4/c1-38-28-14-21(10-12-27(28)40-18-20-6-3-2-4-7-20)19-39-26-13-11-25(31)16-23(26)17-35-36-29(37)22-8-5-9-24(15-22)30(32,33)34/h2-17H,18-19H2,1H3,(H,36,37)/b35-17+. The average Bonchev–Trinajstić information content (AvgIpc) is 2.96. The summed E-state index contributed by atoms with van der Waals surface area (Å²) in [6, 6.07) is 24.1. The third kappa shape index (κ3) is 7.77. The van der Waals surface area contributed by atoms with Gasteiger partial charge in [0.05, 0.1) is 18.9 Å². The number of carbonyl (C=O) groups excluding carboxylic acids is 1. The van der Waals surface area contributed by atoms with Gasteiger partial charge < -0.3 is 14.2 Å². The maximum absolute atomic E-state index is 12.9. The number of benzene rings is 4. The number of nitrogens with one attached hydrogen (secondary N) is 1. The highest BCUT2D eigenvalue weighted by Gasteiger charge is 2.30. The van der Waals surface area contributed by atoms with Crippen LogP contribution < -0.4 is 19.6 Å². The van der Waals surface area contributed by atoms with E-state index in [1.54, 1.807) is 37.4 Å². The van der Waals surface area contributed by atoms with Crippen molar-refractivity contribution in [1.82, 2.24) is 5.43 Å². The van der Waals surface area contributed by atoms with Crippen molar-refractivity contribution in [2.45, 2.75) is 19.4 Å². The Morgan fingerprint density at radius 1 is 0.850 bits per heavy atom. The molecule has 0 heterocycles. The van der Waals surface area contributed by atoms with E-state index in [-0.39, 0.29) is 12.2 Å². The molecule has 0 aliphatic rings. The minimum atomic E-state index is -4.56. The Morgan fingerprint density at radius 2 is 1.57 bits per heavy atom. The lowest BCUT2D eigenvalue weighted by Gasteiger charge is -2.14. The summed E-state index contributed by atoms with van der Waals surface area (Å²) in [5, 5.41) is 4.27. The highest BCUT2D eigenvalue weighted by Crippen LogP contribution is 2.31. The van der Waals surface area contributed by atoms with Crippen LogP contribution in [0.5, 0.6) is 17.2 Å². The number of alkyl halides is 3. The second kappa shape index (κ2) is 13.0. The van der Waals surface area contributed by atoms with Crippen LogP contribution in [0, 0.1) is 0 Å². The first kappa shape index (κ1) is 28.5. The van der Waals surface area contributed by atoms with Crippen molar-refractivity contribution < 1.29 is 32.2 Å². The fourth-order valence-electron chi connectivity index (χ4n) is 3.63. The molecular formula is C30H24ClF3N2O4. The van der Waals surface area contributed by atoms with Gasteiger partial charge in [0.25, 0.3) is 5.91 Å². The minimum absolute atomic E-state index is 0.175. The number of carbonyl (C=O) groups is 1. The first-order valence-corrected chi connectivity index (χ1v) is 12.4. The van der Waals surface area contributed by atoms with Gasteiger partial charge in [-0.05, 0) is 59.7 Å². The van der Waals surface area contributed by atoms with Gasteiger partial charge in [0.2, 0.25) is 0 Å². The van der Waals surface area contributed by atoms with Gasteiger partial charge in [-0.3, -0.25) is 4.79 Å². The second-order valence-corrected chi connectivity index (χ2v) is 8.94. The SMILES string of the molecule is COc1cc(COc2ccc(Cl)cc2/C=N/NC(=O)c2cccc(C(F)(F)F)c2)ccc1OCc1ccccc1. The summed E-state index contributed by atoms with van der Waals surface area (Å²) in [5.41, 5.74) is 3.40. The van der Waals surface area contributed by atoms with E-state index in [1.807, 2.05) is 36.4 Å². The molecule has 0 unspecified atom stereocenters. The van der Waals surface area contributed by atoms with Gasteiger partial charge in [0.1, 0.15) is 19.0 Å². The van der Waals surface area contributed by atoms with Gasteiger partial charge in [0.15, 0.2) is 11.5 Å². The third-order valence-electron chi connectivity index (χ3n) is 5.65. The molecule has 0 atom stereocenters. The van der Waals surface area contributed by atoms with Crippen molar-refractivity contribution in [1.29, 1.82) is 0 Å². The van der Waals surface area contributed by atoms with Crippen molar-refractivity contribution in [2.24, 2.45) is 5.10 Å². The Kier molecular flexibility index (Phi) is 9.29. The van der Waals surface area contributed by atoms with Crippen molar-refractivity contribution in [3.05, 3.63) is 124 Å². The van der Waals surface area contributed by atoms with Crippen LogP contribution in [-0.4, -0.2) is 19.2 Å². The Morgan fingerprint density at radius 3 is 2.33 bits per heavy atom. The zero-order chi connectivity index (χ0) is 28.5. The molecule has 0 aromatic heterocycles. The number of nitrogens with zero attached hydrogens (tertiary/aromatic N) is 1. The molecule has 4 aromatic carbocycles. The van der Waals surface area contributed by atoms with Gasteiger partial charge in [-0.15, -0.1) is 0 Å². The molecule has 0 aliphatic carbocycles. The molecule has 0 aliphatic heterocycles. The number of hydrogen-bond donors (Lipinski definition) is 1. The van der Waals surface area contributed by atoms with Crippen molar-refractivity contribution >= 4 is 23.7 Å². The summed E-state index contributed by atoms with van der Waals surface area (Å²) in [4.78, 5) is 12.3. The zero-order valence-electron chi connectivity index (χ0n) is 21.2. The van der Waals surface area contributed by atoms with Crippen molar-refractivity contribution in [3.8, 4) is 17.2 Å². The van der Waals surface area contributed by atoms with E-state index in [4.69, 9.17) is 25.8 Å². The maximum Gasteiger partial charge on any atom is 0.416 e. The molecular weight excluding hydrogens is 545 g/mol. The van der Waals surface area contributed by atoms with E-state index in [2.05, 4.69) is 10.5 Å². The quantitative estimate of drug-likeness (QED) is 0.161. The first-order valence-electron chi connectivity index (χ1n) is 12.0. The predicted molar refractivity (Wildman–Crippen MR) is 146 cm³/mol. The molecule has 0 spiro atoms. The maximum atomic E-state index is 12.9. The van der Waals surface area contributed by atoms with Gasteiger partial charge >= 0.3 is 6.18 Å². The average molecular weight is 569 g/mol. The Labute approximate surface area is 234 Å². The van der Waals surface area contributed by atoms with Crippen LogP contribution in [0.25, 0.3) is 0 Å². The molecule has 4 rings (SSSR count). The van der Waals surface area contributed by atoms with Gasteiger partial charge in [-0.2, -0.15) is 18.3 Å². The van der Waals surface area contributed by atoms with Crippen molar-refractivity contribution in [3.63, 3.8) is 0 Å². The van der Waals surface area contributed by atoms with Gasteiger partial charge in [0, 0.05) is 16.1 Å². The minimum Gasteiger partial charge on any atom is -0.493 e. The molecule has 1 N–H and O–H groups in total. The van der Waals surface area contributed by atoms with Crippen LogP contribution in [0.2, 0.25) is 5.02 Å². The molecule has 4 aromatic rings. The molecule has 10 heteroatoms. The second-order valence-electron chi connectivity index (χ2n) is 8.51. The van der Waals surface area contributed by atoms with Crippen LogP contribution in [-0.2, 0) is 19.4 Å². The van der Waals surface area contributed by atoms with E-state index >= 15 is 0 Å². The summed E-state index contributed by atoms with van der Waals surface area (Å²) in [6.45, 7) is 0.569. The molecule has 1 amide bonds. The normalized spacial score (nSPS) is 11.3. The summed E-state index contributed by atoms with van der Waals surface area (Å²) >= 11 is 6.12. The molecule has 40 heavy (non-hydrogen) atoms. The Hall–Kier alpha value is -4.50. The fraction of sp³-hybridized carbons (Fsp3) is 0.133. The van der Waals surface area contributed by atoms with Gasteiger partial charge in [-0.25, -0.2) is 5.43 Å². The molecule has 0 saturated heterocycles. The van der Waals surface area contributed by atoms with E-state index in [0.29, 0.717) is 34.4 Å². The van der Waals surface area contributed by atoms with E-state index in [1.165, 1.54) is 12.3 Å². The van der Waals surface area contributed by atoms with Crippen LogP contribution in [0.15, 0.2) is 96.1 Å². The molecule has 0 fully saturated rings. The number of ether oxygens (including phenoxy) is 3. The number of hydrazone groups is 1. The first-order chi connectivity index (χ1) is 19.2. The van der Waals surface area contributed by atoms with Gasteiger partial charge in [-0.1, -0.05) is 54.1 Å². The highest BCUT2D eigenvalue weighted by atomic mass is 35.5. The summed E-state index contributed by atoms with van der Waals surface area (Å²) in [6.07, 6.45) is -3.26. The predicted octanol–water partition coefficient (Wildman–Crippen LogP) is 7.29. The monoisotopic (exact) mass is 568 g/mol. The topological polar surface area (TPSA) is 69.2 Å².